The van der Waals surface area contributed by atoms with Crippen molar-refractivity contribution in [3.05, 3.63) is 130 Å². The van der Waals surface area contributed by atoms with Gasteiger partial charge in [0.2, 0.25) is 5.75 Å². The van der Waals surface area contributed by atoms with Gasteiger partial charge in [0.25, 0.3) is 11.8 Å². The Kier molecular flexibility index (Phi) is 8.35. The van der Waals surface area contributed by atoms with Crippen LogP contribution in [0.5, 0.6) is 5.75 Å². The number of benzene rings is 3. The molecule has 0 radical (unpaired) electrons. The van der Waals surface area contributed by atoms with Crippen molar-refractivity contribution in [3.63, 3.8) is 0 Å². The number of rotatable bonds is 9. The van der Waals surface area contributed by atoms with Crippen LogP contribution >= 0.6 is 0 Å². The summed E-state index contributed by atoms with van der Waals surface area (Å²) in [7, 11) is 0. The van der Waals surface area contributed by atoms with Gasteiger partial charge in [-0.25, -0.2) is 10.2 Å². The fourth-order valence-corrected chi connectivity index (χ4v) is 3.29. The number of nitro benzene ring substituents is 1. The van der Waals surface area contributed by atoms with Crippen molar-refractivity contribution in [3.8, 4) is 5.75 Å². The SMILES string of the molecule is O=C(/C=C/c1ccccc1)Oc1c(/C=N/NC(=O)c2ccc(NC(=O)c3ccco3)cc2)cccc1[N+](=O)[O-]. The Labute approximate surface area is 221 Å². The topological polar surface area (TPSA) is 153 Å². The third-order valence-electron chi connectivity index (χ3n) is 5.16. The van der Waals surface area contributed by atoms with E-state index in [9.17, 15) is 24.5 Å². The van der Waals surface area contributed by atoms with Gasteiger partial charge in [-0.3, -0.25) is 19.7 Å². The minimum atomic E-state index is -0.828. The summed E-state index contributed by atoms with van der Waals surface area (Å²) in [5.74, 6) is -2.02. The summed E-state index contributed by atoms with van der Waals surface area (Å²) in [6.07, 6.45) is 5.17. The van der Waals surface area contributed by atoms with E-state index in [1.165, 1.54) is 60.9 Å². The van der Waals surface area contributed by atoms with E-state index in [1.807, 2.05) is 6.07 Å². The molecule has 39 heavy (non-hydrogen) atoms. The molecule has 0 saturated carbocycles. The van der Waals surface area contributed by atoms with Gasteiger partial charge in [-0.1, -0.05) is 36.4 Å². The first-order valence-corrected chi connectivity index (χ1v) is 11.4. The average Bonchev–Trinajstić information content (AvgIpc) is 3.49. The summed E-state index contributed by atoms with van der Waals surface area (Å²) in [4.78, 5) is 47.7. The molecule has 1 aromatic heterocycles. The van der Waals surface area contributed by atoms with E-state index in [1.54, 1.807) is 30.3 Å². The molecule has 194 valence electrons. The Balaban J connectivity index is 1.42. The molecule has 2 amide bonds. The summed E-state index contributed by atoms with van der Waals surface area (Å²) in [6, 6.07) is 22.1. The maximum absolute atomic E-state index is 12.5. The quantitative estimate of drug-likeness (QED) is 0.0794. The van der Waals surface area contributed by atoms with E-state index in [0.717, 1.165) is 17.9 Å². The average molecular weight is 524 g/mol. The zero-order chi connectivity index (χ0) is 27.6. The molecule has 4 aromatic rings. The van der Waals surface area contributed by atoms with Gasteiger partial charge in [-0.05, 0) is 54.1 Å². The number of hydrazone groups is 1. The first-order valence-electron chi connectivity index (χ1n) is 11.4. The first-order chi connectivity index (χ1) is 18.9. The molecule has 0 fully saturated rings. The van der Waals surface area contributed by atoms with Crippen LogP contribution < -0.4 is 15.5 Å². The third kappa shape index (κ3) is 7.11. The van der Waals surface area contributed by atoms with Gasteiger partial charge in [0, 0.05) is 29.0 Å². The molecular formula is C28H20N4O7. The normalized spacial score (nSPS) is 10.9. The van der Waals surface area contributed by atoms with Gasteiger partial charge in [0.05, 0.1) is 17.4 Å². The standard InChI is InChI=1S/C28H20N4O7/c33-25(16-11-19-6-2-1-3-7-19)39-26-21(8-4-9-23(26)32(36)37)18-29-31-27(34)20-12-14-22(15-13-20)30-28(35)24-10-5-17-38-24/h1-18H,(H,30,35)(H,31,34)/b16-11+,29-18+. The van der Waals surface area contributed by atoms with Crippen LogP contribution in [0.2, 0.25) is 0 Å². The van der Waals surface area contributed by atoms with Crippen LogP contribution in [0.15, 0.2) is 107 Å². The lowest BCUT2D eigenvalue weighted by Gasteiger charge is -2.07. The number of nitrogens with one attached hydrogen (secondary N) is 2. The second-order valence-corrected chi connectivity index (χ2v) is 7.83. The van der Waals surface area contributed by atoms with E-state index in [0.29, 0.717) is 5.69 Å². The van der Waals surface area contributed by atoms with Crippen molar-refractivity contribution in [1.82, 2.24) is 5.43 Å². The molecule has 0 aliphatic rings. The van der Waals surface area contributed by atoms with Crippen LogP contribution in [0.1, 0.15) is 32.0 Å². The van der Waals surface area contributed by atoms with Crippen molar-refractivity contribution in [2.24, 2.45) is 5.10 Å². The highest BCUT2D eigenvalue weighted by atomic mass is 16.6. The highest BCUT2D eigenvalue weighted by Gasteiger charge is 2.20. The molecule has 1 heterocycles. The maximum atomic E-state index is 12.5. The second kappa shape index (κ2) is 12.4. The zero-order valence-electron chi connectivity index (χ0n) is 20.1. The van der Waals surface area contributed by atoms with Crippen LogP contribution in [0.3, 0.4) is 0 Å². The predicted octanol–water partition coefficient (Wildman–Crippen LogP) is 4.82. The summed E-state index contributed by atoms with van der Waals surface area (Å²) in [6.45, 7) is 0. The number of carbonyl (C=O) groups excluding carboxylic acids is 3. The van der Waals surface area contributed by atoms with Gasteiger partial charge in [-0.2, -0.15) is 5.10 Å². The fourth-order valence-electron chi connectivity index (χ4n) is 3.29. The molecule has 0 bridgehead atoms. The summed E-state index contributed by atoms with van der Waals surface area (Å²) in [5, 5.41) is 18.0. The highest BCUT2D eigenvalue weighted by Crippen LogP contribution is 2.30. The second-order valence-electron chi connectivity index (χ2n) is 7.83. The number of nitro groups is 1. The minimum Gasteiger partial charge on any atom is -0.459 e. The van der Waals surface area contributed by atoms with Crippen molar-refractivity contribution in [1.29, 1.82) is 0 Å². The predicted molar refractivity (Wildman–Crippen MR) is 142 cm³/mol. The van der Waals surface area contributed by atoms with Gasteiger partial charge in [0.15, 0.2) is 5.76 Å². The number of hydrogen-bond donors (Lipinski definition) is 2. The molecule has 0 unspecified atom stereocenters. The van der Waals surface area contributed by atoms with Crippen LogP contribution in [0.25, 0.3) is 6.08 Å². The Morgan fingerprint density at radius 2 is 1.67 bits per heavy atom. The van der Waals surface area contributed by atoms with E-state index in [2.05, 4.69) is 15.8 Å². The Morgan fingerprint density at radius 1 is 0.897 bits per heavy atom. The first kappa shape index (κ1) is 26.2. The molecule has 0 aliphatic carbocycles. The van der Waals surface area contributed by atoms with E-state index < -0.39 is 28.4 Å². The molecule has 11 heteroatoms. The lowest BCUT2D eigenvalue weighted by atomic mass is 10.2. The number of para-hydroxylation sites is 1. The van der Waals surface area contributed by atoms with Gasteiger partial charge in [-0.15, -0.1) is 0 Å². The molecule has 0 aliphatic heterocycles. The lowest BCUT2D eigenvalue weighted by molar-refractivity contribution is -0.385. The zero-order valence-corrected chi connectivity index (χ0v) is 20.1. The van der Waals surface area contributed by atoms with Crippen molar-refractivity contribution < 1.29 is 28.5 Å². The van der Waals surface area contributed by atoms with Crippen molar-refractivity contribution in [2.75, 3.05) is 5.32 Å². The number of hydrogen-bond acceptors (Lipinski definition) is 8. The number of esters is 1. The van der Waals surface area contributed by atoms with E-state index in [-0.39, 0.29) is 22.6 Å². The van der Waals surface area contributed by atoms with Crippen LogP contribution in [-0.2, 0) is 4.79 Å². The van der Waals surface area contributed by atoms with E-state index in [4.69, 9.17) is 9.15 Å². The smallest absolute Gasteiger partial charge is 0.336 e. The van der Waals surface area contributed by atoms with E-state index >= 15 is 0 Å². The molecule has 0 spiro atoms. The molecule has 4 rings (SSSR count). The number of carbonyl (C=O) groups is 3. The molecule has 2 N–H and O–H groups in total. The molecule has 3 aromatic carbocycles. The summed E-state index contributed by atoms with van der Waals surface area (Å²) >= 11 is 0. The lowest BCUT2D eigenvalue weighted by Crippen LogP contribution is -2.18. The number of amides is 2. The van der Waals surface area contributed by atoms with Crippen LogP contribution in [-0.4, -0.2) is 28.9 Å². The van der Waals surface area contributed by atoms with Crippen molar-refractivity contribution in [2.45, 2.75) is 0 Å². The molecule has 11 nitrogen and oxygen atoms in total. The Hall–Kier alpha value is -5.84. The monoisotopic (exact) mass is 524 g/mol. The van der Waals surface area contributed by atoms with Crippen LogP contribution in [0.4, 0.5) is 11.4 Å². The minimum absolute atomic E-state index is 0.0990. The number of ether oxygens (including phenoxy) is 1. The van der Waals surface area contributed by atoms with Crippen LogP contribution in [0, 0.1) is 10.1 Å². The van der Waals surface area contributed by atoms with Gasteiger partial charge >= 0.3 is 11.7 Å². The van der Waals surface area contributed by atoms with Gasteiger partial charge < -0.3 is 14.5 Å². The number of furan rings is 1. The Bertz CT molecular complexity index is 1540. The number of nitrogens with zero attached hydrogens (tertiary/aromatic N) is 2. The summed E-state index contributed by atoms with van der Waals surface area (Å²) in [5.41, 5.74) is 3.39. The fraction of sp³-hybridized carbons (Fsp3) is 0. The number of anilines is 1. The Morgan fingerprint density at radius 3 is 2.36 bits per heavy atom. The molecular weight excluding hydrogens is 504 g/mol. The molecule has 0 atom stereocenters. The highest BCUT2D eigenvalue weighted by molar-refractivity contribution is 6.02. The third-order valence-corrected chi connectivity index (χ3v) is 5.16. The largest absolute Gasteiger partial charge is 0.459 e. The van der Waals surface area contributed by atoms with Crippen molar-refractivity contribution >= 4 is 41.4 Å². The van der Waals surface area contributed by atoms with Gasteiger partial charge in [0.1, 0.15) is 0 Å². The summed E-state index contributed by atoms with van der Waals surface area (Å²) < 4.78 is 10.3. The maximum Gasteiger partial charge on any atom is 0.336 e. The molecule has 0 saturated heterocycles.